The van der Waals surface area contributed by atoms with Crippen LogP contribution in [0.2, 0.25) is 0 Å². The van der Waals surface area contributed by atoms with Crippen LogP contribution in [0.25, 0.3) is 98.8 Å². The molecule has 228 valence electrons. The van der Waals surface area contributed by atoms with Gasteiger partial charge >= 0.3 is 0 Å². The fourth-order valence-electron chi connectivity index (χ4n) is 7.53. The summed E-state index contributed by atoms with van der Waals surface area (Å²) in [5.74, 6) is 0. The van der Waals surface area contributed by atoms with Crippen molar-refractivity contribution in [3.8, 4) is 44.5 Å². The van der Waals surface area contributed by atoms with Gasteiger partial charge in [0.1, 0.15) is 11.2 Å². The molecule has 0 unspecified atom stereocenters. The molecule has 9 aromatic carbocycles. The van der Waals surface area contributed by atoms with Crippen molar-refractivity contribution in [2.75, 3.05) is 0 Å². The normalized spacial score (nSPS) is 12.5. The smallest absolute Gasteiger partial charge is 0.143 e. The maximum absolute atomic E-state index is 9.72. The third kappa shape index (κ3) is 4.47. The quantitative estimate of drug-likeness (QED) is 0.177. The van der Waals surface area contributed by atoms with E-state index in [4.69, 9.17) is 5.79 Å². The zero-order valence-electron chi connectivity index (χ0n) is 29.5. The van der Waals surface area contributed by atoms with E-state index in [0.29, 0.717) is 16.7 Å². The molecule has 0 amide bonds. The summed E-state index contributed by atoms with van der Waals surface area (Å²) in [4.78, 5) is 0. The number of para-hydroxylation sites is 1. The Hall–Kier alpha value is -6.44. The number of fused-ring (bicyclic) bond motifs is 6. The third-order valence-electron chi connectivity index (χ3n) is 9.79. The van der Waals surface area contributed by atoms with Crippen molar-refractivity contribution in [1.29, 1.82) is 0 Å². The Morgan fingerprint density at radius 3 is 1.78 bits per heavy atom. The number of rotatable bonds is 4. The van der Waals surface area contributed by atoms with E-state index in [1.165, 1.54) is 10.8 Å². The zero-order valence-corrected chi connectivity index (χ0v) is 26.5. The Balaban J connectivity index is 1.19. The lowest BCUT2D eigenvalue weighted by atomic mass is 9.85. The molecule has 1 heteroatoms. The van der Waals surface area contributed by atoms with Crippen LogP contribution in [-0.4, -0.2) is 0 Å². The Bertz CT molecular complexity index is 2990. The fraction of sp³-hybridized carbons (Fsp3) is 0. The number of furan rings is 1. The van der Waals surface area contributed by atoms with E-state index in [2.05, 4.69) is 115 Å². The average molecular weight is 626 g/mol. The first-order chi connectivity index (χ1) is 25.5. The van der Waals surface area contributed by atoms with E-state index in [9.17, 15) is 2.74 Å². The van der Waals surface area contributed by atoms with Crippen LogP contribution in [0.5, 0.6) is 0 Å². The topological polar surface area (TPSA) is 13.1 Å². The maximum Gasteiger partial charge on any atom is 0.143 e. The lowest BCUT2D eigenvalue weighted by Crippen LogP contribution is -1.91. The molecule has 1 aromatic heterocycles. The molecule has 0 aliphatic carbocycles. The van der Waals surface area contributed by atoms with Crippen LogP contribution in [0.4, 0.5) is 0 Å². The predicted octanol–water partition coefficient (Wildman–Crippen LogP) is 13.7. The molecule has 49 heavy (non-hydrogen) atoms. The second-order valence-corrected chi connectivity index (χ2v) is 12.6. The minimum Gasteiger partial charge on any atom is -0.455 e. The van der Waals surface area contributed by atoms with Gasteiger partial charge in [0.15, 0.2) is 0 Å². The number of hydrogen-bond acceptors (Lipinski definition) is 1. The number of benzene rings is 9. The van der Waals surface area contributed by atoms with Crippen molar-refractivity contribution in [3.05, 3.63) is 182 Å². The van der Waals surface area contributed by atoms with Gasteiger partial charge in [0.25, 0.3) is 0 Å². The van der Waals surface area contributed by atoms with Crippen LogP contribution in [0.1, 0.15) is 4.11 Å². The van der Waals surface area contributed by atoms with Crippen molar-refractivity contribution >= 4 is 54.3 Å². The molecule has 10 rings (SSSR count). The molecule has 0 fully saturated rings. The lowest BCUT2D eigenvalue weighted by Gasteiger charge is -2.18. The third-order valence-corrected chi connectivity index (χ3v) is 9.79. The molecule has 0 spiro atoms. The van der Waals surface area contributed by atoms with Gasteiger partial charge in [-0.15, -0.1) is 0 Å². The second kappa shape index (κ2) is 11.1. The second-order valence-electron chi connectivity index (χ2n) is 12.6. The molecule has 0 saturated carbocycles. The van der Waals surface area contributed by atoms with Crippen molar-refractivity contribution in [2.45, 2.75) is 0 Å². The largest absolute Gasteiger partial charge is 0.455 e. The van der Waals surface area contributed by atoms with Crippen LogP contribution in [-0.2, 0) is 0 Å². The van der Waals surface area contributed by atoms with Crippen molar-refractivity contribution < 1.29 is 8.53 Å². The Labute approximate surface area is 288 Å². The van der Waals surface area contributed by atoms with Crippen LogP contribution in [0.3, 0.4) is 0 Å². The monoisotopic (exact) mass is 625 g/mol. The highest BCUT2D eigenvalue weighted by molar-refractivity contribution is 6.21. The summed E-state index contributed by atoms with van der Waals surface area (Å²) < 4.78 is 34.6. The molecule has 0 radical (unpaired) electrons. The van der Waals surface area contributed by atoms with Crippen molar-refractivity contribution in [3.63, 3.8) is 0 Å². The van der Waals surface area contributed by atoms with Crippen LogP contribution in [0, 0.1) is 0 Å². The van der Waals surface area contributed by atoms with E-state index in [1.807, 2.05) is 42.5 Å². The van der Waals surface area contributed by atoms with Crippen LogP contribution < -0.4 is 0 Å². The van der Waals surface area contributed by atoms with Gasteiger partial charge in [-0.1, -0.05) is 158 Å². The van der Waals surface area contributed by atoms with Gasteiger partial charge < -0.3 is 4.42 Å². The Morgan fingerprint density at radius 1 is 0.388 bits per heavy atom. The molecule has 0 saturated heterocycles. The first-order valence-corrected chi connectivity index (χ1v) is 16.6. The van der Waals surface area contributed by atoms with E-state index < -0.39 is 0 Å². The van der Waals surface area contributed by atoms with E-state index in [1.54, 1.807) is 6.07 Å². The zero-order chi connectivity index (χ0) is 34.9. The molecule has 1 heterocycles. The molecule has 0 aliphatic heterocycles. The lowest BCUT2D eigenvalue weighted by molar-refractivity contribution is 0.670. The van der Waals surface area contributed by atoms with Crippen LogP contribution >= 0.6 is 0 Å². The van der Waals surface area contributed by atoms with Gasteiger partial charge in [-0.2, -0.15) is 0 Å². The van der Waals surface area contributed by atoms with Gasteiger partial charge in [0.2, 0.25) is 0 Å². The van der Waals surface area contributed by atoms with Gasteiger partial charge in [-0.05, 0) is 95.5 Å². The molecule has 0 aliphatic rings. The van der Waals surface area contributed by atoms with E-state index >= 15 is 0 Å². The van der Waals surface area contributed by atoms with E-state index in [-0.39, 0.29) is 18.1 Å². The minimum absolute atomic E-state index is 0.0429. The maximum atomic E-state index is 9.72. The highest BCUT2D eigenvalue weighted by Crippen LogP contribution is 2.44. The molecular weight excluding hydrogens is 593 g/mol. The highest BCUT2D eigenvalue weighted by atomic mass is 16.3. The predicted molar refractivity (Wildman–Crippen MR) is 208 cm³/mol. The SMILES string of the molecule is [2H]c1cc(-c2ccc3c(c2)oc2c(-c4ccc5ccccc5c4)cccc23)c([2H])c(-c2c3ccccc3c(-c3ccccc3)c3ccccc23)c1[2H]. The van der Waals surface area contributed by atoms with Crippen molar-refractivity contribution in [1.82, 2.24) is 0 Å². The van der Waals surface area contributed by atoms with Gasteiger partial charge in [0.05, 0.1) is 4.11 Å². The molecular formula is C48H30O. The Kier molecular flexibility index (Phi) is 5.58. The number of hydrogen-bond donors (Lipinski definition) is 0. The van der Waals surface area contributed by atoms with E-state index in [0.717, 1.165) is 71.3 Å². The standard InChI is InChI=1S/C48H30O/c1-2-13-32(14-3-1)46-40-18-6-8-20-42(40)47(43-21-9-7-19-41(43)46)37-17-10-16-34(29-37)35-26-27-39-44-23-11-22-38(48(44)49-45(39)30-35)36-25-24-31-12-4-5-15-33(31)28-36/h1-30H/i10D,17D,29D. The summed E-state index contributed by atoms with van der Waals surface area (Å²) in [6.07, 6.45) is 0. The van der Waals surface area contributed by atoms with Gasteiger partial charge in [-0.25, -0.2) is 0 Å². The highest BCUT2D eigenvalue weighted by Gasteiger charge is 2.18. The summed E-state index contributed by atoms with van der Waals surface area (Å²) in [5, 5.41) is 8.38. The first kappa shape index (κ1) is 24.7. The van der Waals surface area contributed by atoms with Gasteiger partial charge in [-0.3, -0.25) is 0 Å². The molecule has 0 atom stereocenters. The Morgan fingerprint density at radius 2 is 1.02 bits per heavy atom. The summed E-state index contributed by atoms with van der Waals surface area (Å²) in [6.45, 7) is 0. The molecule has 0 N–H and O–H groups in total. The summed E-state index contributed by atoms with van der Waals surface area (Å²) >= 11 is 0. The molecule has 0 bridgehead atoms. The summed E-state index contributed by atoms with van der Waals surface area (Å²) in [5.41, 5.74) is 8.49. The average Bonchev–Trinajstić information content (AvgIpc) is 3.57. The summed E-state index contributed by atoms with van der Waals surface area (Å²) in [7, 11) is 0. The summed E-state index contributed by atoms with van der Waals surface area (Å²) in [6, 6.07) is 56.0. The van der Waals surface area contributed by atoms with Gasteiger partial charge in [0, 0.05) is 16.3 Å². The van der Waals surface area contributed by atoms with Crippen molar-refractivity contribution in [2.24, 2.45) is 0 Å². The molecule has 1 nitrogen and oxygen atoms in total. The minimum atomic E-state index is 0.0429. The first-order valence-electron chi connectivity index (χ1n) is 18.1. The van der Waals surface area contributed by atoms with Crippen LogP contribution in [0.15, 0.2) is 186 Å². The molecule has 10 aromatic rings. The fourth-order valence-corrected chi connectivity index (χ4v) is 7.53.